The van der Waals surface area contributed by atoms with Crippen LogP contribution in [0.2, 0.25) is 0 Å². The number of piperazine rings is 1. The van der Waals surface area contributed by atoms with Crippen LogP contribution in [0.5, 0.6) is 5.75 Å². The molecule has 34 heavy (non-hydrogen) atoms. The van der Waals surface area contributed by atoms with E-state index in [2.05, 4.69) is 39.4 Å². The summed E-state index contributed by atoms with van der Waals surface area (Å²) in [5, 5.41) is 3.76. The number of hydrogen-bond donors (Lipinski definition) is 1. The Morgan fingerprint density at radius 1 is 0.971 bits per heavy atom. The Labute approximate surface area is 199 Å². The minimum absolute atomic E-state index is 0.127. The first-order valence-corrected chi connectivity index (χ1v) is 13.2. The van der Waals surface area contributed by atoms with Crippen LogP contribution in [0.3, 0.4) is 0 Å². The molecule has 0 radical (unpaired) electrons. The van der Waals surface area contributed by atoms with Gasteiger partial charge in [0.25, 0.3) is 0 Å². The van der Waals surface area contributed by atoms with E-state index in [0.717, 1.165) is 56.9 Å². The standard InChI is InChI=1S/C25H28N4O4S/c30-25-18-34(31,32)24-16-21(8-9-23(24)27-25)33-15-3-10-28-11-13-29(14-12-28)17-20-7-6-19-4-1-2-5-22(19)26-20/h1-2,4-9,16H,3,10-15,17-18H2,(H,27,30). The van der Waals surface area contributed by atoms with Gasteiger partial charge in [-0.15, -0.1) is 0 Å². The van der Waals surface area contributed by atoms with E-state index in [1.165, 1.54) is 11.5 Å². The number of carbonyl (C=O) groups excluding carboxylic acids is 1. The van der Waals surface area contributed by atoms with E-state index in [1.807, 2.05) is 12.1 Å². The molecule has 0 aliphatic carbocycles. The van der Waals surface area contributed by atoms with Crippen molar-refractivity contribution in [2.45, 2.75) is 17.9 Å². The van der Waals surface area contributed by atoms with Crippen LogP contribution in [-0.4, -0.2) is 74.2 Å². The fourth-order valence-corrected chi connectivity index (χ4v) is 5.79. The van der Waals surface area contributed by atoms with E-state index in [4.69, 9.17) is 9.72 Å². The van der Waals surface area contributed by atoms with E-state index in [-0.39, 0.29) is 4.90 Å². The summed E-state index contributed by atoms with van der Waals surface area (Å²) < 4.78 is 30.3. The number of hydrogen-bond acceptors (Lipinski definition) is 7. The summed E-state index contributed by atoms with van der Waals surface area (Å²) in [6, 6.07) is 17.2. The third-order valence-electron chi connectivity index (χ3n) is 6.28. The van der Waals surface area contributed by atoms with E-state index in [0.29, 0.717) is 18.0 Å². The van der Waals surface area contributed by atoms with Gasteiger partial charge in [0.1, 0.15) is 11.5 Å². The highest BCUT2D eigenvalue weighted by Crippen LogP contribution is 2.30. The zero-order valence-corrected chi connectivity index (χ0v) is 19.8. The Kier molecular flexibility index (Phi) is 6.49. The first kappa shape index (κ1) is 22.8. The number of nitrogens with one attached hydrogen (secondary N) is 1. The lowest BCUT2D eigenvalue weighted by molar-refractivity contribution is -0.114. The van der Waals surface area contributed by atoms with Gasteiger partial charge < -0.3 is 15.0 Å². The van der Waals surface area contributed by atoms with Gasteiger partial charge in [-0.25, -0.2) is 8.42 Å². The smallest absolute Gasteiger partial charge is 0.239 e. The molecule has 0 saturated carbocycles. The molecular weight excluding hydrogens is 452 g/mol. The third-order valence-corrected chi connectivity index (χ3v) is 7.93. The Hall–Kier alpha value is -3.01. The fourth-order valence-electron chi connectivity index (χ4n) is 4.46. The molecule has 0 atom stereocenters. The van der Waals surface area contributed by atoms with Crippen LogP contribution in [0, 0.1) is 0 Å². The number of rotatable bonds is 7. The highest BCUT2D eigenvalue weighted by Gasteiger charge is 2.29. The van der Waals surface area contributed by atoms with Crippen molar-refractivity contribution in [3.05, 3.63) is 60.3 Å². The zero-order valence-electron chi connectivity index (χ0n) is 18.9. The van der Waals surface area contributed by atoms with Gasteiger partial charge in [-0.05, 0) is 30.7 Å². The maximum Gasteiger partial charge on any atom is 0.239 e. The molecule has 178 valence electrons. The fraction of sp³-hybridized carbons (Fsp3) is 0.360. The Morgan fingerprint density at radius 3 is 2.62 bits per heavy atom. The van der Waals surface area contributed by atoms with Crippen molar-refractivity contribution in [2.24, 2.45) is 0 Å². The maximum absolute atomic E-state index is 12.2. The largest absolute Gasteiger partial charge is 0.494 e. The number of benzene rings is 2. The molecule has 0 bridgehead atoms. The van der Waals surface area contributed by atoms with Crippen LogP contribution in [0.4, 0.5) is 5.69 Å². The average molecular weight is 481 g/mol. The van der Waals surface area contributed by atoms with Gasteiger partial charge in [0, 0.05) is 50.7 Å². The monoisotopic (exact) mass is 480 g/mol. The lowest BCUT2D eigenvalue weighted by atomic mass is 10.2. The Morgan fingerprint density at radius 2 is 1.76 bits per heavy atom. The molecule has 3 aromatic rings. The number of ether oxygens (including phenoxy) is 1. The Bertz CT molecular complexity index is 1300. The zero-order chi connectivity index (χ0) is 23.5. The predicted octanol–water partition coefficient (Wildman–Crippen LogP) is 2.55. The number of nitrogens with zero attached hydrogens (tertiary/aromatic N) is 3. The molecule has 3 heterocycles. The molecular formula is C25H28N4O4S. The number of carbonyl (C=O) groups is 1. The van der Waals surface area contributed by atoms with E-state index >= 15 is 0 Å². The molecule has 5 rings (SSSR count). The molecule has 9 heteroatoms. The molecule has 2 aliphatic heterocycles. The average Bonchev–Trinajstić information content (AvgIpc) is 2.82. The molecule has 0 unspecified atom stereocenters. The highest BCUT2D eigenvalue weighted by molar-refractivity contribution is 7.92. The second-order valence-electron chi connectivity index (χ2n) is 8.78. The van der Waals surface area contributed by atoms with Crippen molar-refractivity contribution in [3.63, 3.8) is 0 Å². The summed E-state index contributed by atoms with van der Waals surface area (Å²) in [5.74, 6) is -0.521. The van der Waals surface area contributed by atoms with Crippen molar-refractivity contribution >= 4 is 32.3 Å². The lowest BCUT2D eigenvalue weighted by Crippen LogP contribution is -2.46. The summed E-state index contributed by atoms with van der Waals surface area (Å²) in [6.07, 6.45) is 0.854. The van der Waals surface area contributed by atoms with Gasteiger partial charge in [0.2, 0.25) is 5.91 Å². The molecule has 2 aliphatic rings. The highest BCUT2D eigenvalue weighted by atomic mass is 32.2. The van der Waals surface area contributed by atoms with E-state index in [9.17, 15) is 13.2 Å². The van der Waals surface area contributed by atoms with Crippen molar-refractivity contribution in [1.29, 1.82) is 0 Å². The van der Waals surface area contributed by atoms with Crippen LogP contribution >= 0.6 is 0 Å². The van der Waals surface area contributed by atoms with Crippen molar-refractivity contribution in [2.75, 3.05) is 50.4 Å². The molecule has 1 amide bonds. The van der Waals surface area contributed by atoms with E-state index < -0.39 is 21.5 Å². The predicted molar refractivity (Wildman–Crippen MR) is 131 cm³/mol. The van der Waals surface area contributed by atoms with Gasteiger partial charge in [-0.1, -0.05) is 24.3 Å². The van der Waals surface area contributed by atoms with Crippen molar-refractivity contribution in [1.82, 2.24) is 14.8 Å². The van der Waals surface area contributed by atoms with Gasteiger partial charge in [-0.2, -0.15) is 0 Å². The molecule has 1 saturated heterocycles. The summed E-state index contributed by atoms with van der Waals surface area (Å²) >= 11 is 0. The maximum atomic E-state index is 12.2. The molecule has 1 N–H and O–H groups in total. The second kappa shape index (κ2) is 9.69. The number of pyridine rings is 1. The number of anilines is 1. The number of aromatic nitrogens is 1. The Balaban J connectivity index is 1.06. The van der Waals surface area contributed by atoms with Crippen LogP contribution in [-0.2, 0) is 21.2 Å². The topological polar surface area (TPSA) is 91.8 Å². The normalized spacial score (nSPS) is 18.4. The van der Waals surface area contributed by atoms with Crippen LogP contribution in [0.1, 0.15) is 12.1 Å². The quantitative estimate of drug-likeness (QED) is 0.520. The van der Waals surface area contributed by atoms with Gasteiger partial charge in [0.05, 0.1) is 28.4 Å². The van der Waals surface area contributed by atoms with Crippen LogP contribution in [0.15, 0.2) is 59.5 Å². The van der Waals surface area contributed by atoms with Crippen molar-refractivity contribution < 1.29 is 17.9 Å². The van der Waals surface area contributed by atoms with Crippen LogP contribution < -0.4 is 10.1 Å². The van der Waals surface area contributed by atoms with Gasteiger partial charge in [0.15, 0.2) is 9.84 Å². The number of fused-ring (bicyclic) bond motifs is 2. The van der Waals surface area contributed by atoms with Crippen LogP contribution in [0.25, 0.3) is 10.9 Å². The molecule has 1 aromatic heterocycles. The first-order valence-electron chi connectivity index (χ1n) is 11.6. The van der Waals surface area contributed by atoms with Gasteiger partial charge in [-0.3, -0.25) is 14.7 Å². The third kappa shape index (κ3) is 5.22. The number of sulfone groups is 1. The SMILES string of the molecule is O=C1CS(=O)(=O)c2cc(OCCCN3CCN(Cc4ccc5ccccc5n4)CC3)ccc2N1. The van der Waals surface area contributed by atoms with Gasteiger partial charge >= 0.3 is 0 Å². The first-order chi connectivity index (χ1) is 16.5. The summed E-state index contributed by atoms with van der Waals surface area (Å²) in [7, 11) is -3.61. The van der Waals surface area contributed by atoms with Crippen molar-refractivity contribution in [3.8, 4) is 5.75 Å². The molecule has 8 nitrogen and oxygen atoms in total. The molecule has 1 fully saturated rings. The number of amides is 1. The summed E-state index contributed by atoms with van der Waals surface area (Å²) in [4.78, 5) is 21.3. The second-order valence-corrected chi connectivity index (χ2v) is 10.7. The summed E-state index contributed by atoms with van der Waals surface area (Å²) in [5.41, 5.74) is 2.47. The number of para-hydroxylation sites is 1. The summed E-state index contributed by atoms with van der Waals surface area (Å²) in [6.45, 7) is 6.32. The minimum atomic E-state index is -3.61. The molecule has 0 spiro atoms. The minimum Gasteiger partial charge on any atom is -0.494 e. The van der Waals surface area contributed by atoms with E-state index in [1.54, 1.807) is 12.1 Å². The lowest BCUT2D eigenvalue weighted by Gasteiger charge is -2.34. The molecule has 2 aromatic carbocycles.